The SMILES string of the molecule is COC(=O)C(CCBr)Oc1ccc(Cl)nc1F. The van der Waals surface area contributed by atoms with Gasteiger partial charge in [0.2, 0.25) is 0 Å². The van der Waals surface area contributed by atoms with Crippen molar-refractivity contribution in [2.45, 2.75) is 12.5 Å². The molecule has 1 aromatic heterocycles. The number of esters is 1. The summed E-state index contributed by atoms with van der Waals surface area (Å²) in [6, 6.07) is 2.69. The molecular formula is C10H10BrClFNO3. The molecule has 0 saturated heterocycles. The van der Waals surface area contributed by atoms with E-state index in [9.17, 15) is 9.18 Å². The number of hydrogen-bond donors (Lipinski definition) is 0. The Morgan fingerprint density at radius 2 is 2.35 bits per heavy atom. The van der Waals surface area contributed by atoms with E-state index >= 15 is 0 Å². The summed E-state index contributed by atoms with van der Waals surface area (Å²) < 4.78 is 23.1. The van der Waals surface area contributed by atoms with Crippen LogP contribution in [0.5, 0.6) is 5.75 Å². The molecular weight excluding hydrogens is 316 g/mol. The number of ether oxygens (including phenoxy) is 2. The molecule has 0 aliphatic carbocycles. The zero-order valence-corrected chi connectivity index (χ0v) is 11.3. The summed E-state index contributed by atoms with van der Waals surface area (Å²) in [5, 5.41) is 0.542. The van der Waals surface area contributed by atoms with E-state index in [1.807, 2.05) is 0 Å². The van der Waals surface area contributed by atoms with Crippen molar-refractivity contribution in [2.75, 3.05) is 12.4 Å². The third kappa shape index (κ3) is 4.12. The Hall–Kier alpha value is -0.880. The number of methoxy groups -OCH3 is 1. The maximum Gasteiger partial charge on any atom is 0.347 e. The number of halogens is 3. The van der Waals surface area contributed by atoms with Gasteiger partial charge in [-0.3, -0.25) is 0 Å². The lowest BCUT2D eigenvalue weighted by Gasteiger charge is -2.15. The minimum absolute atomic E-state index is 0.0185. The Balaban J connectivity index is 2.82. The third-order valence-corrected chi connectivity index (χ3v) is 2.55. The first kappa shape index (κ1) is 14.2. The minimum Gasteiger partial charge on any atom is -0.474 e. The number of rotatable bonds is 5. The number of carbonyl (C=O) groups excluding carboxylic acids is 1. The van der Waals surface area contributed by atoms with Crippen LogP contribution in [0.15, 0.2) is 12.1 Å². The van der Waals surface area contributed by atoms with Gasteiger partial charge in [-0.15, -0.1) is 0 Å². The highest BCUT2D eigenvalue weighted by Gasteiger charge is 2.22. The fourth-order valence-electron chi connectivity index (χ4n) is 1.10. The Morgan fingerprint density at radius 1 is 1.65 bits per heavy atom. The van der Waals surface area contributed by atoms with Crippen LogP contribution in [0.25, 0.3) is 0 Å². The van der Waals surface area contributed by atoms with E-state index in [0.29, 0.717) is 11.8 Å². The molecule has 0 amide bonds. The van der Waals surface area contributed by atoms with Crippen molar-refractivity contribution in [3.63, 3.8) is 0 Å². The summed E-state index contributed by atoms with van der Waals surface area (Å²) in [5.74, 6) is -1.56. The summed E-state index contributed by atoms with van der Waals surface area (Å²) in [6.07, 6.45) is -0.522. The molecule has 0 N–H and O–H groups in total. The fourth-order valence-corrected chi connectivity index (χ4v) is 1.65. The van der Waals surface area contributed by atoms with Gasteiger partial charge in [0.05, 0.1) is 7.11 Å². The van der Waals surface area contributed by atoms with E-state index in [-0.39, 0.29) is 10.9 Å². The van der Waals surface area contributed by atoms with Gasteiger partial charge < -0.3 is 9.47 Å². The standard InChI is InChI=1S/C10H10BrClFNO3/c1-16-10(15)7(4-5-11)17-6-2-3-8(12)14-9(6)13/h2-3,7H,4-5H2,1H3. The molecule has 0 spiro atoms. The summed E-state index contributed by atoms with van der Waals surface area (Å²) in [4.78, 5) is 14.7. The number of pyridine rings is 1. The van der Waals surface area contributed by atoms with Gasteiger partial charge in [0, 0.05) is 11.8 Å². The molecule has 1 atom stereocenters. The van der Waals surface area contributed by atoms with Crippen molar-refractivity contribution in [1.82, 2.24) is 4.98 Å². The maximum atomic E-state index is 13.3. The Labute approximate surface area is 111 Å². The van der Waals surface area contributed by atoms with Crippen molar-refractivity contribution < 1.29 is 18.7 Å². The molecule has 0 aromatic carbocycles. The van der Waals surface area contributed by atoms with Crippen LogP contribution in [0.2, 0.25) is 5.15 Å². The van der Waals surface area contributed by atoms with E-state index in [1.54, 1.807) is 0 Å². The van der Waals surface area contributed by atoms with Crippen LogP contribution in [0.1, 0.15) is 6.42 Å². The molecule has 94 valence electrons. The molecule has 1 rings (SSSR count). The van der Waals surface area contributed by atoms with E-state index in [2.05, 4.69) is 25.7 Å². The highest BCUT2D eigenvalue weighted by Crippen LogP contribution is 2.20. The van der Waals surface area contributed by atoms with Gasteiger partial charge in [-0.1, -0.05) is 27.5 Å². The molecule has 0 aliphatic heterocycles. The van der Waals surface area contributed by atoms with E-state index < -0.39 is 18.0 Å². The lowest BCUT2D eigenvalue weighted by atomic mass is 10.3. The van der Waals surface area contributed by atoms with Gasteiger partial charge >= 0.3 is 5.97 Å². The molecule has 0 bridgehead atoms. The molecule has 17 heavy (non-hydrogen) atoms. The molecule has 0 saturated carbocycles. The van der Waals surface area contributed by atoms with Crippen LogP contribution >= 0.6 is 27.5 Å². The molecule has 1 unspecified atom stereocenters. The van der Waals surface area contributed by atoms with E-state index in [0.717, 1.165) is 0 Å². The normalized spacial score (nSPS) is 12.0. The van der Waals surface area contributed by atoms with Crippen LogP contribution < -0.4 is 4.74 Å². The van der Waals surface area contributed by atoms with Gasteiger partial charge in [-0.2, -0.15) is 4.39 Å². The maximum absolute atomic E-state index is 13.3. The van der Waals surface area contributed by atoms with E-state index in [4.69, 9.17) is 16.3 Å². The molecule has 0 aliphatic rings. The second-order valence-electron chi connectivity index (χ2n) is 3.03. The largest absolute Gasteiger partial charge is 0.474 e. The zero-order valence-electron chi connectivity index (χ0n) is 8.95. The summed E-state index contributed by atoms with van der Waals surface area (Å²) in [7, 11) is 1.24. The summed E-state index contributed by atoms with van der Waals surface area (Å²) in [6.45, 7) is 0. The van der Waals surface area contributed by atoms with Crippen molar-refractivity contribution in [1.29, 1.82) is 0 Å². The first-order chi connectivity index (χ1) is 8.08. The zero-order chi connectivity index (χ0) is 12.8. The van der Waals surface area contributed by atoms with Crippen LogP contribution in [0.4, 0.5) is 4.39 Å². The number of aromatic nitrogens is 1. The van der Waals surface area contributed by atoms with Crippen molar-refractivity contribution in [3.8, 4) is 5.75 Å². The summed E-state index contributed by atoms with van der Waals surface area (Å²) >= 11 is 8.67. The lowest BCUT2D eigenvalue weighted by Crippen LogP contribution is -2.29. The van der Waals surface area contributed by atoms with Crippen LogP contribution in [0.3, 0.4) is 0 Å². The Bertz CT molecular complexity index is 405. The lowest BCUT2D eigenvalue weighted by molar-refractivity contribution is -0.148. The topological polar surface area (TPSA) is 48.4 Å². The van der Waals surface area contributed by atoms with Gasteiger partial charge in [0.25, 0.3) is 5.95 Å². The van der Waals surface area contributed by atoms with Gasteiger partial charge in [0.15, 0.2) is 11.9 Å². The van der Waals surface area contributed by atoms with Crippen molar-refractivity contribution in [3.05, 3.63) is 23.2 Å². The van der Waals surface area contributed by atoms with Crippen molar-refractivity contribution in [2.24, 2.45) is 0 Å². The highest BCUT2D eigenvalue weighted by molar-refractivity contribution is 9.09. The number of hydrogen-bond acceptors (Lipinski definition) is 4. The first-order valence-electron chi connectivity index (χ1n) is 4.71. The molecule has 7 heteroatoms. The predicted octanol–water partition coefficient (Wildman–Crippen LogP) is 2.58. The molecule has 1 aromatic rings. The summed E-state index contributed by atoms with van der Waals surface area (Å²) in [5.41, 5.74) is 0. The average molecular weight is 327 g/mol. The molecule has 1 heterocycles. The van der Waals surface area contributed by atoms with Crippen LogP contribution in [0, 0.1) is 5.95 Å². The second-order valence-corrected chi connectivity index (χ2v) is 4.21. The average Bonchev–Trinajstić information content (AvgIpc) is 2.30. The van der Waals surface area contributed by atoms with Gasteiger partial charge in [0.1, 0.15) is 5.15 Å². The Kier molecular flexibility index (Phi) is 5.64. The van der Waals surface area contributed by atoms with Gasteiger partial charge in [-0.25, -0.2) is 9.78 Å². The molecule has 4 nitrogen and oxygen atoms in total. The monoisotopic (exact) mass is 325 g/mol. The van der Waals surface area contributed by atoms with Crippen molar-refractivity contribution >= 4 is 33.5 Å². The number of nitrogens with zero attached hydrogens (tertiary/aromatic N) is 1. The Morgan fingerprint density at radius 3 is 2.88 bits per heavy atom. The number of alkyl halides is 1. The smallest absolute Gasteiger partial charge is 0.347 e. The minimum atomic E-state index is -0.878. The molecule has 0 radical (unpaired) electrons. The van der Waals surface area contributed by atoms with E-state index in [1.165, 1.54) is 19.2 Å². The molecule has 0 fully saturated rings. The number of carbonyl (C=O) groups is 1. The second kappa shape index (κ2) is 6.76. The predicted molar refractivity (Wildman–Crippen MR) is 64.0 cm³/mol. The quantitative estimate of drug-likeness (QED) is 0.474. The van der Waals surface area contributed by atoms with Crippen LogP contribution in [-0.4, -0.2) is 29.5 Å². The highest BCUT2D eigenvalue weighted by atomic mass is 79.9. The van der Waals surface area contributed by atoms with Crippen LogP contribution in [-0.2, 0) is 9.53 Å². The first-order valence-corrected chi connectivity index (χ1v) is 6.21. The van der Waals surface area contributed by atoms with Gasteiger partial charge in [-0.05, 0) is 12.1 Å². The third-order valence-electron chi connectivity index (χ3n) is 1.89. The fraction of sp³-hybridized carbons (Fsp3) is 0.400.